The molecule has 3 heteroatoms. The second kappa shape index (κ2) is 4.18. The highest BCUT2D eigenvalue weighted by atomic mass is 16.5. The fourth-order valence-electron chi connectivity index (χ4n) is 2.15. The minimum Gasteiger partial charge on any atom is -0.496 e. The summed E-state index contributed by atoms with van der Waals surface area (Å²) in [5.74, 6) is 0.853. The average molecular weight is 219 g/mol. The molecular weight excluding hydrogens is 202 g/mol. The molecule has 1 aromatic carbocycles. The summed E-state index contributed by atoms with van der Waals surface area (Å²) in [5, 5.41) is 10.8. The minimum atomic E-state index is -0.461. The van der Waals surface area contributed by atoms with E-state index >= 15 is 0 Å². The Kier molecular flexibility index (Phi) is 2.88. The molecule has 1 heterocycles. The molecule has 1 unspecified atom stereocenters. The van der Waals surface area contributed by atoms with Crippen LogP contribution in [0, 0.1) is 0 Å². The highest BCUT2D eigenvalue weighted by Gasteiger charge is 2.13. The summed E-state index contributed by atoms with van der Waals surface area (Å²) in [6.07, 6.45) is -0.461. The van der Waals surface area contributed by atoms with Gasteiger partial charge >= 0.3 is 0 Å². The van der Waals surface area contributed by atoms with Gasteiger partial charge < -0.3 is 14.4 Å². The number of hydrogen-bond acceptors (Lipinski definition) is 2. The van der Waals surface area contributed by atoms with Crippen molar-refractivity contribution in [2.75, 3.05) is 7.11 Å². The van der Waals surface area contributed by atoms with Crippen molar-refractivity contribution in [2.45, 2.75) is 26.5 Å². The Morgan fingerprint density at radius 2 is 2.19 bits per heavy atom. The number of aryl methyl sites for hydroxylation is 1. The van der Waals surface area contributed by atoms with E-state index in [0.717, 1.165) is 28.9 Å². The molecule has 0 bridgehead atoms. The maximum absolute atomic E-state index is 9.74. The molecule has 1 aromatic heterocycles. The molecule has 86 valence electrons. The highest BCUT2D eigenvalue weighted by molar-refractivity contribution is 5.87. The summed E-state index contributed by atoms with van der Waals surface area (Å²) in [7, 11) is 1.67. The summed E-state index contributed by atoms with van der Waals surface area (Å²) in [6, 6.07) is 7.96. The Balaban J connectivity index is 2.75. The number of methoxy groups -OCH3 is 1. The van der Waals surface area contributed by atoms with Gasteiger partial charge in [-0.25, -0.2) is 0 Å². The highest BCUT2D eigenvalue weighted by Crippen LogP contribution is 2.31. The molecule has 0 aliphatic heterocycles. The zero-order valence-corrected chi connectivity index (χ0v) is 9.90. The molecule has 0 amide bonds. The molecule has 0 saturated heterocycles. The van der Waals surface area contributed by atoms with Gasteiger partial charge in [0.1, 0.15) is 5.75 Å². The molecule has 16 heavy (non-hydrogen) atoms. The SMILES string of the molecule is CCn1c(C(C)O)cc2c(OC)cccc21. The van der Waals surface area contributed by atoms with Crippen molar-refractivity contribution in [3.63, 3.8) is 0 Å². The summed E-state index contributed by atoms with van der Waals surface area (Å²) in [4.78, 5) is 0. The maximum Gasteiger partial charge on any atom is 0.128 e. The first kappa shape index (κ1) is 11.0. The normalized spacial score (nSPS) is 13.0. The molecular formula is C13H17NO2. The third kappa shape index (κ3) is 1.57. The summed E-state index contributed by atoms with van der Waals surface area (Å²) < 4.78 is 7.44. The number of fused-ring (bicyclic) bond motifs is 1. The predicted molar refractivity (Wildman–Crippen MR) is 64.8 cm³/mol. The quantitative estimate of drug-likeness (QED) is 0.861. The number of benzene rings is 1. The molecule has 3 nitrogen and oxygen atoms in total. The zero-order valence-electron chi connectivity index (χ0n) is 9.90. The number of aliphatic hydroxyl groups excluding tert-OH is 1. The first-order valence-corrected chi connectivity index (χ1v) is 5.53. The number of rotatable bonds is 3. The van der Waals surface area contributed by atoms with E-state index in [1.165, 1.54) is 0 Å². The van der Waals surface area contributed by atoms with Crippen molar-refractivity contribution >= 4 is 10.9 Å². The topological polar surface area (TPSA) is 34.4 Å². The second-order valence-electron chi connectivity index (χ2n) is 3.88. The van der Waals surface area contributed by atoms with Crippen molar-refractivity contribution in [1.82, 2.24) is 4.57 Å². The van der Waals surface area contributed by atoms with E-state index in [2.05, 4.69) is 11.5 Å². The van der Waals surface area contributed by atoms with Gasteiger partial charge in [-0.3, -0.25) is 0 Å². The van der Waals surface area contributed by atoms with E-state index < -0.39 is 6.10 Å². The number of ether oxygens (including phenoxy) is 1. The van der Waals surface area contributed by atoms with Crippen molar-refractivity contribution in [2.24, 2.45) is 0 Å². The number of aromatic nitrogens is 1. The lowest BCUT2D eigenvalue weighted by Crippen LogP contribution is -2.03. The van der Waals surface area contributed by atoms with Crippen LogP contribution in [0.4, 0.5) is 0 Å². The van der Waals surface area contributed by atoms with E-state index in [4.69, 9.17) is 4.74 Å². The Morgan fingerprint density at radius 3 is 2.75 bits per heavy atom. The smallest absolute Gasteiger partial charge is 0.128 e. The minimum absolute atomic E-state index is 0.461. The molecule has 0 aliphatic carbocycles. The second-order valence-corrected chi connectivity index (χ2v) is 3.88. The van der Waals surface area contributed by atoms with Gasteiger partial charge in [0, 0.05) is 17.6 Å². The van der Waals surface area contributed by atoms with Crippen molar-refractivity contribution < 1.29 is 9.84 Å². The van der Waals surface area contributed by atoms with Crippen LogP contribution >= 0.6 is 0 Å². The standard InChI is InChI=1S/C13H17NO2/c1-4-14-11-6-5-7-13(16-3)10(11)8-12(14)9(2)15/h5-9,15H,4H2,1-3H3. The van der Waals surface area contributed by atoms with Gasteiger partial charge in [-0.1, -0.05) is 6.07 Å². The molecule has 2 rings (SSSR count). The third-order valence-electron chi connectivity index (χ3n) is 2.90. The Labute approximate surface area is 95.3 Å². The molecule has 2 aromatic rings. The van der Waals surface area contributed by atoms with Crippen LogP contribution in [-0.4, -0.2) is 16.8 Å². The monoisotopic (exact) mass is 219 g/mol. The molecule has 0 spiro atoms. The Bertz CT molecular complexity index is 500. The molecule has 1 N–H and O–H groups in total. The van der Waals surface area contributed by atoms with Gasteiger partial charge in [0.15, 0.2) is 0 Å². The van der Waals surface area contributed by atoms with Crippen LogP contribution in [0.3, 0.4) is 0 Å². The van der Waals surface area contributed by atoms with Crippen molar-refractivity contribution in [3.05, 3.63) is 30.0 Å². The van der Waals surface area contributed by atoms with Gasteiger partial charge in [-0.2, -0.15) is 0 Å². The van der Waals surface area contributed by atoms with Gasteiger partial charge in [-0.05, 0) is 32.0 Å². The maximum atomic E-state index is 9.74. The first-order chi connectivity index (χ1) is 7.69. The fourth-order valence-corrected chi connectivity index (χ4v) is 2.15. The number of hydrogen-bond donors (Lipinski definition) is 1. The number of aliphatic hydroxyl groups is 1. The van der Waals surface area contributed by atoms with Crippen LogP contribution < -0.4 is 4.74 Å². The average Bonchev–Trinajstić information content (AvgIpc) is 2.67. The van der Waals surface area contributed by atoms with E-state index in [9.17, 15) is 5.11 Å². The molecule has 1 atom stereocenters. The lowest BCUT2D eigenvalue weighted by Gasteiger charge is -2.09. The van der Waals surface area contributed by atoms with Crippen LogP contribution in [0.25, 0.3) is 10.9 Å². The van der Waals surface area contributed by atoms with E-state index in [1.54, 1.807) is 14.0 Å². The van der Waals surface area contributed by atoms with Crippen LogP contribution in [0.5, 0.6) is 5.75 Å². The molecule has 0 radical (unpaired) electrons. The van der Waals surface area contributed by atoms with Crippen LogP contribution in [-0.2, 0) is 6.54 Å². The Morgan fingerprint density at radius 1 is 1.44 bits per heavy atom. The largest absolute Gasteiger partial charge is 0.496 e. The van der Waals surface area contributed by atoms with Gasteiger partial charge in [-0.15, -0.1) is 0 Å². The number of nitrogens with zero attached hydrogens (tertiary/aromatic N) is 1. The van der Waals surface area contributed by atoms with Crippen LogP contribution in [0.15, 0.2) is 24.3 Å². The van der Waals surface area contributed by atoms with E-state index in [-0.39, 0.29) is 0 Å². The molecule has 0 fully saturated rings. The predicted octanol–water partition coefficient (Wildman–Crippen LogP) is 2.72. The Hall–Kier alpha value is -1.48. The molecule has 0 saturated carbocycles. The fraction of sp³-hybridized carbons (Fsp3) is 0.385. The van der Waals surface area contributed by atoms with Crippen LogP contribution in [0.1, 0.15) is 25.6 Å². The van der Waals surface area contributed by atoms with E-state index in [0.29, 0.717) is 0 Å². The van der Waals surface area contributed by atoms with Gasteiger partial charge in [0.05, 0.1) is 18.7 Å². The first-order valence-electron chi connectivity index (χ1n) is 5.53. The molecule has 0 aliphatic rings. The summed E-state index contributed by atoms with van der Waals surface area (Å²) >= 11 is 0. The third-order valence-corrected chi connectivity index (χ3v) is 2.90. The zero-order chi connectivity index (χ0) is 11.7. The summed E-state index contributed by atoms with van der Waals surface area (Å²) in [6.45, 7) is 4.70. The van der Waals surface area contributed by atoms with Gasteiger partial charge in [0.25, 0.3) is 0 Å². The van der Waals surface area contributed by atoms with Crippen molar-refractivity contribution in [1.29, 1.82) is 0 Å². The van der Waals surface area contributed by atoms with E-state index in [1.807, 2.05) is 24.3 Å². The van der Waals surface area contributed by atoms with Crippen molar-refractivity contribution in [3.8, 4) is 5.75 Å². The summed E-state index contributed by atoms with van der Waals surface area (Å²) in [5.41, 5.74) is 2.04. The van der Waals surface area contributed by atoms with Gasteiger partial charge in [0.2, 0.25) is 0 Å². The lowest BCUT2D eigenvalue weighted by molar-refractivity contribution is 0.190. The van der Waals surface area contributed by atoms with Crippen LogP contribution in [0.2, 0.25) is 0 Å². The lowest BCUT2D eigenvalue weighted by atomic mass is 10.2.